The van der Waals surface area contributed by atoms with E-state index in [9.17, 15) is 4.79 Å². The third-order valence-corrected chi connectivity index (χ3v) is 4.34. The van der Waals surface area contributed by atoms with E-state index in [4.69, 9.17) is 32.4 Å². The molecule has 128 valence electrons. The molecule has 2 heterocycles. The first kappa shape index (κ1) is 16.6. The molecule has 3 aromatic rings. The molecule has 26 heavy (non-hydrogen) atoms. The van der Waals surface area contributed by atoms with Gasteiger partial charge >= 0.3 is 5.97 Å². The van der Waals surface area contributed by atoms with Crippen LogP contribution in [0.1, 0.15) is 11.3 Å². The molecule has 0 saturated heterocycles. The zero-order valence-corrected chi connectivity index (χ0v) is 14.8. The van der Waals surface area contributed by atoms with Gasteiger partial charge in [-0.2, -0.15) is 0 Å². The van der Waals surface area contributed by atoms with Crippen LogP contribution in [0.15, 0.2) is 75.8 Å². The third-order valence-electron chi connectivity index (χ3n) is 3.76. The van der Waals surface area contributed by atoms with Gasteiger partial charge in [0.25, 0.3) is 0 Å². The van der Waals surface area contributed by atoms with Crippen LogP contribution < -0.4 is 0 Å². The molecule has 0 saturated carbocycles. The summed E-state index contributed by atoms with van der Waals surface area (Å²) in [6.45, 7) is 0. The molecule has 0 unspecified atom stereocenters. The standard InChI is InChI=1S/C20H11Cl2NO3/c21-13-7-5-12(6-8-13)18-10-9-14(25-18)11-17-20(24)26-19(23-17)15-3-1-2-4-16(15)22/h1-11H/b17-11-. The van der Waals surface area contributed by atoms with E-state index < -0.39 is 5.97 Å². The molecule has 0 amide bonds. The normalized spacial score (nSPS) is 15.2. The van der Waals surface area contributed by atoms with Crippen molar-refractivity contribution in [2.75, 3.05) is 0 Å². The number of halogens is 2. The van der Waals surface area contributed by atoms with Crippen molar-refractivity contribution in [3.63, 3.8) is 0 Å². The number of carbonyl (C=O) groups is 1. The van der Waals surface area contributed by atoms with Gasteiger partial charge in [0.15, 0.2) is 5.70 Å². The minimum atomic E-state index is -0.552. The largest absolute Gasteiger partial charge is 0.457 e. The van der Waals surface area contributed by atoms with Gasteiger partial charge in [0.1, 0.15) is 11.5 Å². The van der Waals surface area contributed by atoms with Crippen molar-refractivity contribution in [3.8, 4) is 11.3 Å². The van der Waals surface area contributed by atoms with Crippen molar-refractivity contribution in [1.29, 1.82) is 0 Å². The van der Waals surface area contributed by atoms with Gasteiger partial charge in [-0.25, -0.2) is 9.79 Å². The topological polar surface area (TPSA) is 51.8 Å². The molecule has 6 heteroatoms. The molecule has 1 aromatic heterocycles. The van der Waals surface area contributed by atoms with Crippen LogP contribution in [-0.4, -0.2) is 11.9 Å². The van der Waals surface area contributed by atoms with Crippen LogP contribution in [0.25, 0.3) is 17.4 Å². The van der Waals surface area contributed by atoms with Crippen molar-refractivity contribution in [3.05, 3.63) is 87.7 Å². The lowest BCUT2D eigenvalue weighted by atomic mass is 10.2. The van der Waals surface area contributed by atoms with Crippen molar-refractivity contribution in [2.45, 2.75) is 0 Å². The number of hydrogen-bond donors (Lipinski definition) is 0. The maximum Gasteiger partial charge on any atom is 0.363 e. The van der Waals surface area contributed by atoms with Gasteiger partial charge in [0, 0.05) is 16.7 Å². The molecule has 0 aliphatic carbocycles. The van der Waals surface area contributed by atoms with E-state index in [0.717, 1.165) is 5.56 Å². The summed E-state index contributed by atoms with van der Waals surface area (Å²) in [6, 6.07) is 17.9. The van der Waals surface area contributed by atoms with Gasteiger partial charge in [-0.1, -0.05) is 35.3 Å². The number of aliphatic imine (C=N–C) groups is 1. The highest BCUT2D eigenvalue weighted by Crippen LogP contribution is 2.27. The fourth-order valence-electron chi connectivity index (χ4n) is 2.49. The highest BCUT2D eigenvalue weighted by Gasteiger charge is 2.25. The molecule has 2 aromatic carbocycles. The molecule has 1 aliphatic heterocycles. The van der Waals surface area contributed by atoms with Crippen LogP contribution in [-0.2, 0) is 9.53 Å². The Morgan fingerprint density at radius 1 is 0.923 bits per heavy atom. The van der Waals surface area contributed by atoms with Gasteiger partial charge in [-0.05, 0) is 48.5 Å². The van der Waals surface area contributed by atoms with Crippen molar-refractivity contribution >= 4 is 41.1 Å². The Bertz CT molecular complexity index is 1050. The number of esters is 1. The predicted octanol–water partition coefficient (Wildman–Crippen LogP) is 5.60. The van der Waals surface area contributed by atoms with Crippen LogP contribution in [0.5, 0.6) is 0 Å². The molecule has 0 atom stereocenters. The summed E-state index contributed by atoms with van der Waals surface area (Å²) < 4.78 is 11.0. The Hall–Kier alpha value is -2.82. The lowest BCUT2D eigenvalue weighted by Crippen LogP contribution is -2.05. The molecular formula is C20H11Cl2NO3. The van der Waals surface area contributed by atoms with Crippen LogP contribution in [0.2, 0.25) is 10.0 Å². The highest BCUT2D eigenvalue weighted by atomic mass is 35.5. The molecule has 0 fully saturated rings. The first-order valence-electron chi connectivity index (χ1n) is 7.73. The van der Waals surface area contributed by atoms with E-state index in [1.165, 1.54) is 6.08 Å². The number of cyclic esters (lactones) is 1. The number of ether oxygens (including phenoxy) is 1. The Labute approximate surface area is 159 Å². The monoisotopic (exact) mass is 383 g/mol. The molecule has 4 rings (SSSR count). The Kier molecular flexibility index (Phi) is 4.37. The highest BCUT2D eigenvalue weighted by molar-refractivity contribution is 6.34. The van der Waals surface area contributed by atoms with Gasteiger partial charge in [-0.3, -0.25) is 0 Å². The number of rotatable bonds is 3. The van der Waals surface area contributed by atoms with E-state index in [0.29, 0.717) is 27.1 Å². The summed E-state index contributed by atoms with van der Waals surface area (Å²) in [6.07, 6.45) is 1.53. The summed E-state index contributed by atoms with van der Waals surface area (Å²) in [5.74, 6) is 0.780. The average Bonchev–Trinajstić information content (AvgIpc) is 3.24. The van der Waals surface area contributed by atoms with Crippen LogP contribution >= 0.6 is 23.2 Å². The van der Waals surface area contributed by atoms with E-state index in [2.05, 4.69) is 4.99 Å². The lowest BCUT2D eigenvalue weighted by molar-refractivity contribution is -0.129. The summed E-state index contributed by atoms with van der Waals surface area (Å²) in [5, 5.41) is 1.11. The average molecular weight is 384 g/mol. The number of nitrogens with zero attached hydrogens (tertiary/aromatic N) is 1. The van der Waals surface area contributed by atoms with E-state index >= 15 is 0 Å². The second kappa shape index (κ2) is 6.83. The second-order valence-corrected chi connectivity index (χ2v) is 6.37. The molecular weight excluding hydrogens is 373 g/mol. The maximum atomic E-state index is 12.1. The first-order chi connectivity index (χ1) is 12.6. The Morgan fingerprint density at radius 2 is 1.69 bits per heavy atom. The molecule has 0 spiro atoms. The number of carbonyl (C=O) groups excluding carboxylic acids is 1. The van der Waals surface area contributed by atoms with Crippen LogP contribution in [0.3, 0.4) is 0 Å². The lowest BCUT2D eigenvalue weighted by Gasteiger charge is -2.00. The van der Waals surface area contributed by atoms with Gasteiger partial charge < -0.3 is 9.15 Å². The second-order valence-electron chi connectivity index (χ2n) is 5.52. The quantitative estimate of drug-likeness (QED) is 0.436. The fraction of sp³-hybridized carbons (Fsp3) is 0. The molecule has 0 N–H and O–H groups in total. The van der Waals surface area contributed by atoms with Gasteiger partial charge in [-0.15, -0.1) is 0 Å². The zero-order chi connectivity index (χ0) is 18.1. The summed E-state index contributed by atoms with van der Waals surface area (Å²) >= 11 is 12.0. The van der Waals surface area contributed by atoms with E-state index in [-0.39, 0.29) is 11.6 Å². The maximum absolute atomic E-state index is 12.1. The Balaban J connectivity index is 1.63. The number of benzene rings is 2. The third kappa shape index (κ3) is 3.29. The minimum Gasteiger partial charge on any atom is -0.457 e. The molecule has 1 aliphatic rings. The zero-order valence-electron chi connectivity index (χ0n) is 13.3. The Morgan fingerprint density at radius 3 is 2.46 bits per heavy atom. The van der Waals surface area contributed by atoms with Crippen molar-refractivity contribution in [1.82, 2.24) is 0 Å². The van der Waals surface area contributed by atoms with Crippen LogP contribution in [0, 0.1) is 0 Å². The van der Waals surface area contributed by atoms with Crippen molar-refractivity contribution < 1.29 is 13.9 Å². The van der Waals surface area contributed by atoms with Gasteiger partial charge in [0.2, 0.25) is 5.90 Å². The molecule has 4 nitrogen and oxygen atoms in total. The SMILES string of the molecule is O=C1OC(c2ccccc2Cl)=N/C1=C\c1ccc(-c2ccc(Cl)cc2)o1. The molecule has 0 bridgehead atoms. The summed E-state index contributed by atoms with van der Waals surface area (Å²) in [4.78, 5) is 16.3. The smallest absolute Gasteiger partial charge is 0.363 e. The predicted molar refractivity (Wildman–Crippen MR) is 101 cm³/mol. The van der Waals surface area contributed by atoms with Crippen molar-refractivity contribution in [2.24, 2.45) is 4.99 Å². The first-order valence-corrected chi connectivity index (χ1v) is 8.49. The van der Waals surface area contributed by atoms with E-state index in [1.807, 2.05) is 18.2 Å². The van der Waals surface area contributed by atoms with Gasteiger partial charge in [0.05, 0.1) is 10.6 Å². The summed E-state index contributed by atoms with van der Waals surface area (Å²) in [7, 11) is 0. The summed E-state index contributed by atoms with van der Waals surface area (Å²) in [5.41, 5.74) is 1.59. The number of hydrogen-bond acceptors (Lipinski definition) is 4. The number of furan rings is 1. The minimum absolute atomic E-state index is 0.150. The fourth-order valence-corrected chi connectivity index (χ4v) is 2.84. The van der Waals surface area contributed by atoms with Crippen LogP contribution in [0.4, 0.5) is 0 Å². The van der Waals surface area contributed by atoms with E-state index in [1.54, 1.807) is 42.5 Å². The molecule has 0 radical (unpaired) electrons.